The van der Waals surface area contributed by atoms with Crippen LogP contribution in [-0.2, 0) is 0 Å². The Morgan fingerprint density at radius 1 is 0.548 bits per heavy atom. The van der Waals surface area contributed by atoms with E-state index in [1.165, 1.54) is 53.5 Å². The predicted octanol–water partition coefficient (Wildman–Crippen LogP) is 6.94. The van der Waals surface area contributed by atoms with Crippen molar-refractivity contribution in [1.29, 1.82) is 0 Å². The molecule has 146 valence electrons. The van der Waals surface area contributed by atoms with E-state index in [0.717, 1.165) is 0 Å². The molecule has 3 heteroatoms. The molecule has 0 spiro atoms. The van der Waals surface area contributed by atoms with Crippen molar-refractivity contribution in [1.82, 2.24) is 0 Å². The van der Waals surface area contributed by atoms with Crippen LogP contribution in [0.3, 0.4) is 0 Å². The van der Waals surface area contributed by atoms with Crippen LogP contribution in [0.1, 0.15) is 0 Å². The molecule has 31 heavy (non-hydrogen) atoms. The van der Waals surface area contributed by atoms with Crippen molar-refractivity contribution in [2.75, 3.05) is 4.90 Å². The zero-order valence-corrected chi connectivity index (χ0v) is 18.1. The van der Waals surface area contributed by atoms with Crippen LogP contribution in [-0.4, -0.2) is 7.85 Å². The first-order valence-electron chi connectivity index (χ1n) is 10.5. The van der Waals surface area contributed by atoms with Gasteiger partial charge in [-0.15, -0.1) is 11.3 Å². The highest BCUT2D eigenvalue weighted by Gasteiger charge is 2.16. The van der Waals surface area contributed by atoms with Gasteiger partial charge in [0.1, 0.15) is 7.85 Å². The summed E-state index contributed by atoms with van der Waals surface area (Å²) in [5.74, 6) is 0. The molecule has 1 heterocycles. The summed E-state index contributed by atoms with van der Waals surface area (Å²) < 4.78 is 2.66. The van der Waals surface area contributed by atoms with Crippen LogP contribution < -0.4 is 10.4 Å². The van der Waals surface area contributed by atoms with E-state index in [0.29, 0.717) is 0 Å². The molecule has 0 atom stereocenters. The van der Waals surface area contributed by atoms with Crippen molar-refractivity contribution in [2.45, 2.75) is 0 Å². The second-order valence-electron chi connectivity index (χ2n) is 7.95. The van der Waals surface area contributed by atoms with Crippen LogP contribution in [0, 0.1) is 0 Å². The van der Waals surface area contributed by atoms with Crippen molar-refractivity contribution in [3.8, 4) is 0 Å². The fraction of sp³-hybridized carbons (Fsp3) is 0. The average Bonchev–Trinajstić information content (AvgIpc) is 3.19. The first-order valence-corrected chi connectivity index (χ1v) is 11.4. The Bertz CT molecular complexity index is 1540. The molecule has 6 aromatic rings. The van der Waals surface area contributed by atoms with Crippen molar-refractivity contribution < 1.29 is 0 Å². The molecular formula is C28H20BNS. The van der Waals surface area contributed by atoms with E-state index in [1.807, 2.05) is 11.3 Å². The maximum absolute atomic E-state index is 2.38. The Morgan fingerprint density at radius 2 is 1.23 bits per heavy atom. The summed E-state index contributed by atoms with van der Waals surface area (Å²) in [6, 6.07) is 39.5. The van der Waals surface area contributed by atoms with Crippen LogP contribution in [0.5, 0.6) is 0 Å². The lowest BCUT2D eigenvalue weighted by Crippen LogP contribution is -2.12. The zero-order chi connectivity index (χ0) is 20.8. The Labute approximate surface area is 186 Å². The topological polar surface area (TPSA) is 3.24 Å². The third kappa shape index (κ3) is 3.10. The Kier molecular flexibility index (Phi) is 4.29. The molecule has 5 aromatic carbocycles. The standard InChI is InChI=1S/C28H20BNS/c29-20-12-14-21(15-13-20)30(26-10-5-7-19-6-1-2-8-23(19)26)22-16-17-28-25(18-22)24-9-3-4-11-27(24)31-28/h1-18H,29H2. The smallest absolute Gasteiger partial charge is 0.139 e. The molecule has 0 saturated carbocycles. The van der Waals surface area contributed by atoms with Gasteiger partial charge in [0.25, 0.3) is 0 Å². The fourth-order valence-electron chi connectivity index (χ4n) is 4.38. The lowest BCUT2D eigenvalue weighted by molar-refractivity contribution is 1.31. The highest BCUT2D eigenvalue weighted by Crippen LogP contribution is 2.42. The molecule has 0 fully saturated rings. The summed E-state index contributed by atoms with van der Waals surface area (Å²) in [5.41, 5.74) is 4.80. The number of anilines is 3. The number of thiophene rings is 1. The number of nitrogens with zero attached hydrogens (tertiary/aromatic N) is 1. The fourth-order valence-corrected chi connectivity index (χ4v) is 5.46. The molecule has 0 radical (unpaired) electrons. The third-order valence-corrected chi connectivity index (χ3v) is 7.07. The molecule has 0 unspecified atom stereocenters. The van der Waals surface area contributed by atoms with Crippen LogP contribution in [0.25, 0.3) is 30.9 Å². The van der Waals surface area contributed by atoms with E-state index in [-0.39, 0.29) is 0 Å². The summed E-state index contributed by atoms with van der Waals surface area (Å²) in [5, 5.41) is 5.14. The minimum Gasteiger partial charge on any atom is -0.310 e. The minimum absolute atomic E-state index is 1.17. The summed E-state index contributed by atoms with van der Waals surface area (Å²) in [7, 11) is 2.13. The average molecular weight is 413 g/mol. The number of hydrogen-bond acceptors (Lipinski definition) is 2. The maximum atomic E-state index is 2.38. The summed E-state index contributed by atoms with van der Waals surface area (Å²) in [4.78, 5) is 2.38. The lowest BCUT2D eigenvalue weighted by atomic mass is 9.96. The Hall–Kier alpha value is -3.56. The van der Waals surface area contributed by atoms with Gasteiger partial charge in [-0.05, 0) is 47.9 Å². The first kappa shape index (κ1) is 18.2. The van der Waals surface area contributed by atoms with Gasteiger partial charge in [-0.2, -0.15) is 0 Å². The first-order chi connectivity index (χ1) is 15.3. The van der Waals surface area contributed by atoms with Gasteiger partial charge in [0.2, 0.25) is 0 Å². The van der Waals surface area contributed by atoms with E-state index in [9.17, 15) is 0 Å². The highest BCUT2D eigenvalue weighted by molar-refractivity contribution is 7.25. The van der Waals surface area contributed by atoms with Crippen molar-refractivity contribution in [2.24, 2.45) is 0 Å². The quantitative estimate of drug-likeness (QED) is 0.284. The number of hydrogen-bond donors (Lipinski definition) is 0. The van der Waals surface area contributed by atoms with Crippen molar-refractivity contribution in [3.63, 3.8) is 0 Å². The van der Waals surface area contributed by atoms with Crippen LogP contribution in [0.15, 0.2) is 109 Å². The number of rotatable bonds is 3. The lowest BCUT2D eigenvalue weighted by Gasteiger charge is -2.27. The van der Waals surface area contributed by atoms with Crippen LogP contribution in [0.2, 0.25) is 0 Å². The summed E-state index contributed by atoms with van der Waals surface area (Å²) in [6.07, 6.45) is 0. The molecule has 1 aromatic heterocycles. The van der Waals surface area contributed by atoms with E-state index >= 15 is 0 Å². The number of benzene rings is 5. The second-order valence-corrected chi connectivity index (χ2v) is 9.03. The highest BCUT2D eigenvalue weighted by atomic mass is 32.1. The van der Waals surface area contributed by atoms with Crippen LogP contribution in [0.4, 0.5) is 17.1 Å². The second kappa shape index (κ2) is 7.30. The summed E-state index contributed by atoms with van der Waals surface area (Å²) >= 11 is 1.86. The van der Waals surface area contributed by atoms with Gasteiger partial charge < -0.3 is 4.90 Å². The molecule has 0 aliphatic heterocycles. The third-order valence-electron chi connectivity index (χ3n) is 5.92. The van der Waals surface area contributed by atoms with Gasteiger partial charge >= 0.3 is 0 Å². The van der Waals surface area contributed by atoms with E-state index < -0.39 is 0 Å². The minimum atomic E-state index is 1.17. The van der Waals surface area contributed by atoms with Crippen LogP contribution >= 0.6 is 11.3 Å². The SMILES string of the molecule is Bc1ccc(N(c2ccc3sc4ccccc4c3c2)c2cccc3ccccc23)cc1. The zero-order valence-electron chi connectivity index (χ0n) is 17.2. The van der Waals surface area contributed by atoms with Gasteiger partial charge in [-0.3, -0.25) is 0 Å². The molecule has 0 bridgehead atoms. The molecule has 0 aliphatic rings. The molecule has 0 saturated heterocycles. The van der Waals surface area contributed by atoms with Gasteiger partial charge in [0.15, 0.2) is 0 Å². The molecular weight excluding hydrogens is 393 g/mol. The molecule has 1 nitrogen and oxygen atoms in total. The Morgan fingerprint density at radius 3 is 2.10 bits per heavy atom. The van der Waals surface area contributed by atoms with E-state index in [2.05, 4.69) is 122 Å². The summed E-state index contributed by atoms with van der Waals surface area (Å²) in [6.45, 7) is 0. The van der Waals surface area contributed by atoms with E-state index in [4.69, 9.17) is 0 Å². The van der Waals surface area contributed by atoms with Crippen molar-refractivity contribution >= 4 is 72.7 Å². The van der Waals surface area contributed by atoms with Gasteiger partial charge in [0, 0.05) is 36.9 Å². The normalized spacial score (nSPS) is 11.4. The molecule has 0 N–H and O–H groups in total. The monoisotopic (exact) mass is 413 g/mol. The van der Waals surface area contributed by atoms with Gasteiger partial charge in [-0.1, -0.05) is 72.2 Å². The number of fused-ring (bicyclic) bond motifs is 4. The largest absolute Gasteiger partial charge is 0.310 e. The Balaban J connectivity index is 1.64. The van der Waals surface area contributed by atoms with E-state index in [1.54, 1.807) is 0 Å². The van der Waals surface area contributed by atoms with Gasteiger partial charge in [0.05, 0.1) is 5.69 Å². The predicted molar refractivity (Wildman–Crippen MR) is 140 cm³/mol. The molecule has 0 amide bonds. The van der Waals surface area contributed by atoms with Gasteiger partial charge in [-0.25, -0.2) is 0 Å². The maximum Gasteiger partial charge on any atom is 0.139 e. The molecule has 6 rings (SSSR count). The molecule has 0 aliphatic carbocycles. The van der Waals surface area contributed by atoms with Crippen molar-refractivity contribution in [3.05, 3.63) is 109 Å².